The van der Waals surface area contributed by atoms with E-state index in [2.05, 4.69) is 21.2 Å². The van der Waals surface area contributed by atoms with Gasteiger partial charge in [0.25, 0.3) is 5.91 Å². The number of nitriles is 1. The number of benzene rings is 1. The van der Waals surface area contributed by atoms with Gasteiger partial charge in [-0.2, -0.15) is 5.26 Å². The summed E-state index contributed by atoms with van der Waals surface area (Å²) in [6, 6.07) is 6.86. The normalized spacial score (nSPS) is 21.2. The van der Waals surface area contributed by atoms with Crippen molar-refractivity contribution in [1.29, 1.82) is 5.26 Å². The van der Waals surface area contributed by atoms with E-state index in [-0.39, 0.29) is 0 Å². The number of halogens is 1. The van der Waals surface area contributed by atoms with Crippen LogP contribution in [-0.4, -0.2) is 29.2 Å². The second-order valence-electron chi connectivity index (χ2n) is 4.32. The van der Waals surface area contributed by atoms with Gasteiger partial charge in [0.05, 0.1) is 11.3 Å². The number of amides is 1. The highest BCUT2D eigenvalue weighted by atomic mass is 79.9. The standard InChI is InChI=1S/C13H11BrN2O4/c14-8-2-1-7(6-15)9(5-8)16-12(17)10-3-4-11(20-10)13(18)19/h1-2,5,10-11H,3-4H2,(H,16,17)(H,18,19). The predicted octanol–water partition coefficient (Wildman–Crippen LogP) is 1.89. The Morgan fingerprint density at radius 1 is 1.40 bits per heavy atom. The Morgan fingerprint density at radius 2 is 2.10 bits per heavy atom. The molecule has 20 heavy (non-hydrogen) atoms. The second kappa shape index (κ2) is 6.03. The van der Waals surface area contributed by atoms with Crippen molar-refractivity contribution in [2.75, 3.05) is 5.32 Å². The summed E-state index contributed by atoms with van der Waals surface area (Å²) in [5, 5.41) is 20.4. The van der Waals surface area contributed by atoms with Crippen LogP contribution in [0.25, 0.3) is 0 Å². The number of anilines is 1. The molecule has 0 bridgehead atoms. The monoisotopic (exact) mass is 338 g/mol. The zero-order valence-corrected chi connectivity index (χ0v) is 11.9. The zero-order valence-electron chi connectivity index (χ0n) is 10.3. The molecule has 0 radical (unpaired) electrons. The number of nitrogens with one attached hydrogen (secondary N) is 1. The van der Waals surface area contributed by atoms with Gasteiger partial charge in [0.2, 0.25) is 0 Å². The number of carboxylic acid groups (broad SMARTS) is 1. The van der Waals surface area contributed by atoms with Gasteiger partial charge in [0.15, 0.2) is 6.10 Å². The third-order valence-electron chi connectivity index (χ3n) is 2.95. The summed E-state index contributed by atoms with van der Waals surface area (Å²) in [4.78, 5) is 22.8. The van der Waals surface area contributed by atoms with E-state index in [1.807, 2.05) is 6.07 Å². The molecule has 0 saturated carbocycles. The first-order chi connectivity index (χ1) is 9.51. The van der Waals surface area contributed by atoms with Crippen LogP contribution >= 0.6 is 15.9 Å². The van der Waals surface area contributed by atoms with Gasteiger partial charge in [-0.05, 0) is 31.0 Å². The highest BCUT2D eigenvalue weighted by molar-refractivity contribution is 9.10. The molecule has 1 aromatic rings. The Balaban J connectivity index is 2.08. The lowest BCUT2D eigenvalue weighted by molar-refractivity contribution is -0.150. The number of aliphatic carboxylic acids is 1. The SMILES string of the molecule is N#Cc1ccc(Br)cc1NC(=O)C1CCC(C(=O)O)O1. The molecule has 7 heteroatoms. The number of carboxylic acids is 1. The van der Waals surface area contributed by atoms with E-state index < -0.39 is 24.1 Å². The fourth-order valence-electron chi connectivity index (χ4n) is 1.94. The summed E-state index contributed by atoms with van der Waals surface area (Å²) in [6.45, 7) is 0. The van der Waals surface area contributed by atoms with Gasteiger partial charge < -0.3 is 15.2 Å². The maximum absolute atomic E-state index is 12.0. The van der Waals surface area contributed by atoms with E-state index in [0.717, 1.165) is 4.47 Å². The molecule has 1 aliphatic rings. The molecule has 1 saturated heterocycles. The van der Waals surface area contributed by atoms with E-state index in [1.54, 1.807) is 18.2 Å². The van der Waals surface area contributed by atoms with Crippen LogP contribution in [0, 0.1) is 11.3 Å². The minimum atomic E-state index is -1.07. The zero-order chi connectivity index (χ0) is 14.7. The lowest BCUT2D eigenvalue weighted by Gasteiger charge is -2.12. The summed E-state index contributed by atoms with van der Waals surface area (Å²) in [6.07, 6.45) is -1.10. The maximum atomic E-state index is 12.0. The predicted molar refractivity (Wildman–Crippen MR) is 73.0 cm³/mol. The third-order valence-corrected chi connectivity index (χ3v) is 3.44. The number of nitrogens with zero attached hydrogens (tertiary/aromatic N) is 1. The molecule has 2 unspecified atom stereocenters. The maximum Gasteiger partial charge on any atom is 0.332 e. The number of carbonyl (C=O) groups is 2. The fraction of sp³-hybridized carbons (Fsp3) is 0.308. The van der Waals surface area contributed by atoms with Gasteiger partial charge >= 0.3 is 5.97 Å². The molecular weight excluding hydrogens is 328 g/mol. The van der Waals surface area contributed by atoms with Crippen LogP contribution in [0.15, 0.2) is 22.7 Å². The minimum absolute atomic E-state index is 0.303. The minimum Gasteiger partial charge on any atom is -0.479 e. The molecule has 2 rings (SSSR count). The van der Waals surface area contributed by atoms with Gasteiger partial charge in [-0.25, -0.2) is 4.79 Å². The molecule has 1 aromatic carbocycles. The molecule has 0 aliphatic carbocycles. The van der Waals surface area contributed by atoms with Crippen LogP contribution in [0.1, 0.15) is 18.4 Å². The molecule has 1 aliphatic heterocycles. The Bertz CT molecular complexity index is 597. The highest BCUT2D eigenvalue weighted by Gasteiger charge is 2.34. The number of rotatable bonds is 3. The molecule has 2 atom stereocenters. The first-order valence-electron chi connectivity index (χ1n) is 5.90. The Kier molecular flexibility index (Phi) is 4.37. The van der Waals surface area contributed by atoms with E-state index >= 15 is 0 Å². The molecule has 1 heterocycles. The van der Waals surface area contributed by atoms with E-state index in [4.69, 9.17) is 15.1 Å². The number of carbonyl (C=O) groups excluding carboxylic acids is 1. The number of hydrogen-bond donors (Lipinski definition) is 2. The number of ether oxygens (including phenoxy) is 1. The van der Waals surface area contributed by atoms with Gasteiger partial charge in [-0.3, -0.25) is 4.79 Å². The van der Waals surface area contributed by atoms with Crippen molar-refractivity contribution in [3.8, 4) is 6.07 Å². The molecule has 104 valence electrons. The Hall–Kier alpha value is -1.91. The first-order valence-corrected chi connectivity index (χ1v) is 6.69. The van der Waals surface area contributed by atoms with Crippen molar-refractivity contribution in [2.45, 2.75) is 25.0 Å². The smallest absolute Gasteiger partial charge is 0.332 e. The van der Waals surface area contributed by atoms with E-state index in [0.29, 0.717) is 24.1 Å². The van der Waals surface area contributed by atoms with E-state index in [1.165, 1.54) is 0 Å². The second-order valence-corrected chi connectivity index (χ2v) is 5.24. The van der Waals surface area contributed by atoms with Gasteiger partial charge in [0, 0.05) is 4.47 Å². The average Bonchev–Trinajstić information content (AvgIpc) is 2.89. The lowest BCUT2D eigenvalue weighted by atomic mass is 10.1. The summed E-state index contributed by atoms with van der Waals surface area (Å²) in [5.41, 5.74) is 0.698. The van der Waals surface area contributed by atoms with Crippen molar-refractivity contribution in [3.05, 3.63) is 28.2 Å². The first kappa shape index (κ1) is 14.5. The van der Waals surface area contributed by atoms with E-state index in [9.17, 15) is 9.59 Å². The lowest BCUT2D eigenvalue weighted by Crippen LogP contribution is -2.30. The number of hydrogen-bond acceptors (Lipinski definition) is 4. The van der Waals surface area contributed by atoms with Gasteiger partial charge in [-0.15, -0.1) is 0 Å². The molecule has 0 aromatic heterocycles. The highest BCUT2D eigenvalue weighted by Crippen LogP contribution is 2.24. The van der Waals surface area contributed by atoms with Crippen LogP contribution in [0.5, 0.6) is 0 Å². The van der Waals surface area contributed by atoms with Gasteiger partial charge in [0.1, 0.15) is 12.2 Å². The Morgan fingerprint density at radius 3 is 2.70 bits per heavy atom. The molecule has 1 fully saturated rings. The van der Waals surface area contributed by atoms with Crippen LogP contribution in [0.2, 0.25) is 0 Å². The summed E-state index contributed by atoms with van der Waals surface area (Å²) in [5.74, 6) is -1.51. The van der Waals surface area contributed by atoms with Gasteiger partial charge in [-0.1, -0.05) is 15.9 Å². The van der Waals surface area contributed by atoms with Crippen LogP contribution in [0.4, 0.5) is 5.69 Å². The Labute approximate surface area is 123 Å². The van der Waals surface area contributed by atoms with Crippen molar-refractivity contribution < 1.29 is 19.4 Å². The molecule has 1 amide bonds. The molecular formula is C13H11BrN2O4. The van der Waals surface area contributed by atoms with Crippen molar-refractivity contribution in [2.24, 2.45) is 0 Å². The van der Waals surface area contributed by atoms with Crippen LogP contribution in [-0.2, 0) is 14.3 Å². The largest absolute Gasteiger partial charge is 0.479 e. The summed E-state index contributed by atoms with van der Waals surface area (Å²) < 4.78 is 5.88. The average molecular weight is 339 g/mol. The van der Waals surface area contributed by atoms with Crippen molar-refractivity contribution in [1.82, 2.24) is 0 Å². The summed E-state index contributed by atoms with van der Waals surface area (Å²) in [7, 11) is 0. The van der Waals surface area contributed by atoms with Crippen LogP contribution < -0.4 is 5.32 Å². The fourth-order valence-corrected chi connectivity index (χ4v) is 2.30. The van der Waals surface area contributed by atoms with Crippen LogP contribution in [0.3, 0.4) is 0 Å². The van der Waals surface area contributed by atoms with Crippen molar-refractivity contribution in [3.63, 3.8) is 0 Å². The molecule has 6 nitrogen and oxygen atoms in total. The topological polar surface area (TPSA) is 99.4 Å². The molecule has 0 spiro atoms. The third kappa shape index (κ3) is 3.15. The molecule has 2 N–H and O–H groups in total. The van der Waals surface area contributed by atoms with Crippen molar-refractivity contribution >= 4 is 33.5 Å². The quantitative estimate of drug-likeness (QED) is 0.876. The summed E-state index contributed by atoms with van der Waals surface area (Å²) >= 11 is 3.26.